The lowest BCUT2D eigenvalue weighted by atomic mass is 10.1. The molecule has 1 rings (SSSR count). The Morgan fingerprint density at radius 1 is 1.50 bits per heavy atom. The lowest BCUT2D eigenvalue weighted by molar-refractivity contribution is -0.143. The quantitative estimate of drug-likeness (QED) is 0.685. The van der Waals surface area contributed by atoms with Crippen LogP contribution in [0.15, 0.2) is 0 Å². The summed E-state index contributed by atoms with van der Waals surface area (Å²) in [7, 11) is 0. The predicted molar refractivity (Wildman–Crippen MR) is 68.7 cm³/mol. The minimum absolute atomic E-state index is 0. The summed E-state index contributed by atoms with van der Waals surface area (Å²) in [6.07, 6.45) is 0.0491. The maximum absolute atomic E-state index is 11.7. The third kappa shape index (κ3) is 5.66. The van der Waals surface area contributed by atoms with Crippen molar-refractivity contribution in [3.63, 3.8) is 0 Å². The summed E-state index contributed by atoms with van der Waals surface area (Å²) in [5.41, 5.74) is 0. The average Bonchev–Trinajstić information content (AvgIpc) is 2.29. The molecule has 1 heterocycles. The summed E-state index contributed by atoms with van der Waals surface area (Å²) in [6.45, 7) is 5.54. The van der Waals surface area contributed by atoms with E-state index in [0.29, 0.717) is 26.3 Å². The highest BCUT2D eigenvalue weighted by Crippen LogP contribution is 2.03. The van der Waals surface area contributed by atoms with Crippen LogP contribution < -0.4 is 10.6 Å². The fourth-order valence-electron chi connectivity index (χ4n) is 1.66. The lowest BCUT2D eigenvalue weighted by Crippen LogP contribution is -2.55. The second-order valence-corrected chi connectivity index (χ2v) is 3.85. The van der Waals surface area contributed by atoms with E-state index in [-0.39, 0.29) is 42.9 Å². The molecule has 7 heteroatoms. The van der Waals surface area contributed by atoms with E-state index in [2.05, 4.69) is 10.6 Å². The highest BCUT2D eigenvalue weighted by molar-refractivity contribution is 5.85. The fraction of sp³-hybridized carbons (Fsp3) is 0.818. The number of carbonyl (C=O) groups excluding carboxylic acids is 2. The van der Waals surface area contributed by atoms with Gasteiger partial charge in [0.25, 0.3) is 0 Å². The van der Waals surface area contributed by atoms with Gasteiger partial charge in [0.05, 0.1) is 25.7 Å². The van der Waals surface area contributed by atoms with Gasteiger partial charge in [-0.1, -0.05) is 0 Å². The number of halogens is 1. The van der Waals surface area contributed by atoms with Gasteiger partial charge >= 0.3 is 5.97 Å². The zero-order chi connectivity index (χ0) is 12.7. The highest BCUT2D eigenvalue weighted by Gasteiger charge is 2.27. The van der Waals surface area contributed by atoms with Gasteiger partial charge in [-0.3, -0.25) is 9.59 Å². The number of morpholine rings is 1. The third-order valence-electron chi connectivity index (χ3n) is 2.53. The van der Waals surface area contributed by atoms with Crippen molar-refractivity contribution in [3.05, 3.63) is 0 Å². The van der Waals surface area contributed by atoms with Crippen LogP contribution in [0.25, 0.3) is 0 Å². The number of amides is 1. The first-order valence-corrected chi connectivity index (χ1v) is 5.93. The van der Waals surface area contributed by atoms with E-state index >= 15 is 0 Å². The van der Waals surface area contributed by atoms with Gasteiger partial charge in [0, 0.05) is 13.1 Å². The number of rotatable bonds is 5. The van der Waals surface area contributed by atoms with E-state index in [1.165, 1.54) is 0 Å². The van der Waals surface area contributed by atoms with Crippen molar-refractivity contribution < 1.29 is 19.1 Å². The molecule has 0 aromatic carbocycles. The second kappa shape index (κ2) is 9.13. The molecule has 0 aromatic rings. The molecule has 1 amide bonds. The summed E-state index contributed by atoms with van der Waals surface area (Å²) in [6, 6.07) is -0.342. The zero-order valence-corrected chi connectivity index (χ0v) is 11.5. The Balaban J connectivity index is 0.00000289. The molecule has 0 aliphatic carbocycles. The topological polar surface area (TPSA) is 76.7 Å². The minimum atomic E-state index is -0.342. The summed E-state index contributed by atoms with van der Waals surface area (Å²) in [4.78, 5) is 22.8. The standard InChI is InChI=1S/C11H20N2O4.ClH/c1-3-16-9(14)4-5-13-11(15)10-8(2)17-7-6-12-10;/h8,10,12H,3-7H2,1-2H3,(H,13,15);1H/t8-,10+;/m1./s1. The molecule has 2 N–H and O–H groups in total. The zero-order valence-electron chi connectivity index (χ0n) is 10.7. The molecule has 1 saturated heterocycles. The van der Waals surface area contributed by atoms with Gasteiger partial charge in [0.1, 0.15) is 6.04 Å². The van der Waals surface area contributed by atoms with Crippen LogP contribution in [0.5, 0.6) is 0 Å². The van der Waals surface area contributed by atoms with E-state index in [9.17, 15) is 9.59 Å². The van der Waals surface area contributed by atoms with Crippen molar-refractivity contribution in [1.29, 1.82) is 0 Å². The molecule has 0 bridgehead atoms. The lowest BCUT2D eigenvalue weighted by Gasteiger charge is -2.29. The van der Waals surface area contributed by atoms with E-state index in [4.69, 9.17) is 9.47 Å². The largest absolute Gasteiger partial charge is 0.466 e. The van der Waals surface area contributed by atoms with E-state index in [1.54, 1.807) is 6.92 Å². The SMILES string of the molecule is CCOC(=O)CCNC(=O)[C@H]1NCCO[C@@H]1C.Cl. The summed E-state index contributed by atoms with van der Waals surface area (Å²) < 4.78 is 10.1. The van der Waals surface area contributed by atoms with Gasteiger partial charge < -0.3 is 20.1 Å². The van der Waals surface area contributed by atoms with Gasteiger partial charge in [-0.25, -0.2) is 0 Å². The number of hydrogen-bond donors (Lipinski definition) is 2. The Hall–Kier alpha value is -0.850. The van der Waals surface area contributed by atoms with Crippen LogP contribution in [-0.2, 0) is 19.1 Å². The van der Waals surface area contributed by atoms with E-state index in [0.717, 1.165) is 0 Å². The monoisotopic (exact) mass is 280 g/mol. The number of carbonyl (C=O) groups is 2. The number of nitrogens with one attached hydrogen (secondary N) is 2. The predicted octanol–water partition coefficient (Wildman–Crippen LogP) is -0.145. The molecule has 0 unspecified atom stereocenters. The summed E-state index contributed by atoms with van der Waals surface area (Å²) in [5, 5.41) is 5.77. The molecule has 1 aliphatic rings. The van der Waals surface area contributed by atoms with Crippen molar-refractivity contribution in [2.75, 3.05) is 26.3 Å². The molecule has 0 radical (unpaired) electrons. The molecule has 2 atom stereocenters. The van der Waals surface area contributed by atoms with Crippen LogP contribution in [-0.4, -0.2) is 50.3 Å². The molecule has 0 spiro atoms. The van der Waals surface area contributed by atoms with Gasteiger partial charge in [0.15, 0.2) is 0 Å². The number of esters is 1. The smallest absolute Gasteiger partial charge is 0.307 e. The molecule has 1 fully saturated rings. The van der Waals surface area contributed by atoms with E-state index < -0.39 is 0 Å². The average molecular weight is 281 g/mol. The molecular formula is C11H21ClN2O4. The van der Waals surface area contributed by atoms with Gasteiger partial charge in [0.2, 0.25) is 5.91 Å². The summed E-state index contributed by atoms with van der Waals surface area (Å²) in [5.74, 6) is -0.435. The van der Waals surface area contributed by atoms with Crippen LogP contribution >= 0.6 is 12.4 Å². The van der Waals surface area contributed by atoms with Crippen molar-refractivity contribution in [2.24, 2.45) is 0 Å². The van der Waals surface area contributed by atoms with Gasteiger partial charge in [-0.05, 0) is 13.8 Å². The first-order chi connectivity index (χ1) is 8.15. The highest BCUT2D eigenvalue weighted by atomic mass is 35.5. The van der Waals surface area contributed by atoms with Gasteiger partial charge in [-0.2, -0.15) is 0 Å². The fourth-order valence-corrected chi connectivity index (χ4v) is 1.66. The third-order valence-corrected chi connectivity index (χ3v) is 2.53. The Bertz CT molecular complexity index is 276. The maximum Gasteiger partial charge on any atom is 0.307 e. The Morgan fingerprint density at radius 2 is 2.22 bits per heavy atom. The maximum atomic E-state index is 11.7. The second-order valence-electron chi connectivity index (χ2n) is 3.85. The molecular weight excluding hydrogens is 260 g/mol. The van der Waals surface area contributed by atoms with Crippen molar-refractivity contribution in [1.82, 2.24) is 10.6 Å². The number of hydrogen-bond acceptors (Lipinski definition) is 5. The molecule has 0 aromatic heterocycles. The van der Waals surface area contributed by atoms with Crippen molar-refractivity contribution in [3.8, 4) is 0 Å². The Kier molecular flexibility index (Phi) is 8.70. The summed E-state index contributed by atoms with van der Waals surface area (Å²) >= 11 is 0. The molecule has 18 heavy (non-hydrogen) atoms. The molecule has 106 valence electrons. The van der Waals surface area contributed by atoms with Crippen LogP contribution in [0, 0.1) is 0 Å². The first kappa shape index (κ1) is 17.2. The van der Waals surface area contributed by atoms with E-state index in [1.807, 2.05) is 6.92 Å². The Morgan fingerprint density at radius 3 is 2.83 bits per heavy atom. The van der Waals surface area contributed by atoms with Crippen molar-refractivity contribution in [2.45, 2.75) is 32.4 Å². The molecule has 1 aliphatic heterocycles. The van der Waals surface area contributed by atoms with Gasteiger partial charge in [-0.15, -0.1) is 12.4 Å². The minimum Gasteiger partial charge on any atom is -0.466 e. The molecule has 0 saturated carbocycles. The van der Waals surface area contributed by atoms with Crippen LogP contribution in [0.4, 0.5) is 0 Å². The van der Waals surface area contributed by atoms with Crippen LogP contribution in [0.3, 0.4) is 0 Å². The Labute approximate surface area is 113 Å². The van der Waals surface area contributed by atoms with Crippen LogP contribution in [0.1, 0.15) is 20.3 Å². The first-order valence-electron chi connectivity index (χ1n) is 5.93. The number of ether oxygens (including phenoxy) is 2. The van der Waals surface area contributed by atoms with Crippen LogP contribution in [0.2, 0.25) is 0 Å². The normalized spacial score (nSPS) is 22.8. The molecule has 6 nitrogen and oxygen atoms in total. The van der Waals surface area contributed by atoms with Crippen molar-refractivity contribution >= 4 is 24.3 Å².